The second-order valence-electron chi connectivity index (χ2n) is 8.36. The third-order valence-corrected chi connectivity index (χ3v) is 6.31. The Morgan fingerprint density at radius 1 is 0.971 bits per heavy atom. The first-order chi connectivity index (χ1) is 17.8. The molecule has 0 aliphatic carbocycles. The van der Waals surface area contributed by atoms with E-state index in [0.717, 1.165) is 27.5 Å². The second kappa shape index (κ2) is 7.54. The number of aromatic nitrogens is 1. The number of aryl methyl sites for hydroxylation is 1. The number of pyridine rings is 1. The smallest absolute Gasteiger partial charge is 0.216 e. The molecule has 0 spiro atoms. The van der Waals surface area contributed by atoms with Crippen molar-refractivity contribution in [2.24, 2.45) is 7.05 Å². The molecule has 0 amide bonds. The molecule has 0 bridgehead atoms. The number of fused-ring (bicyclic) bond motifs is 4. The van der Waals surface area contributed by atoms with Crippen LogP contribution in [0.1, 0.15) is 15.2 Å². The van der Waals surface area contributed by atoms with Gasteiger partial charge < -0.3 is 4.42 Å². The van der Waals surface area contributed by atoms with Crippen LogP contribution in [0, 0.1) is 24.1 Å². The lowest BCUT2D eigenvalue weighted by atomic mass is 9.95. The molecule has 6 aromatic rings. The summed E-state index contributed by atoms with van der Waals surface area (Å²) in [5.74, 6) is -1.05. The molecule has 3 nitrogen and oxygen atoms in total. The van der Waals surface area contributed by atoms with E-state index in [1.807, 2.05) is 61.5 Å². The van der Waals surface area contributed by atoms with Gasteiger partial charge in [-0.3, -0.25) is 0 Å². The van der Waals surface area contributed by atoms with E-state index < -0.39 is 18.0 Å². The first kappa shape index (κ1) is 17.0. The quantitative estimate of drug-likeness (QED) is 0.264. The van der Waals surface area contributed by atoms with Crippen LogP contribution < -0.4 is 4.57 Å². The normalized spacial score (nSPS) is 12.6. The first-order valence-electron chi connectivity index (χ1n) is 12.4. The number of nitrogens with zero attached hydrogens (tertiary/aromatic N) is 2. The van der Waals surface area contributed by atoms with E-state index in [-0.39, 0.29) is 11.7 Å². The van der Waals surface area contributed by atoms with Gasteiger partial charge in [-0.1, -0.05) is 48.5 Å². The molecule has 0 unspecified atom stereocenters. The van der Waals surface area contributed by atoms with Gasteiger partial charge in [0.1, 0.15) is 19.6 Å². The summed E-state index contributed by atoms with van der Waals surface area (Å²) < 4.78 is 46.9. The van der Waals surface area contributed by atoms with E-state index in [0.29, 0.717) is 33.1 Å². The van der Waals surface area contributed by atoms with E-state index in [2.05, 4.69) is 12.1 Å². The van der Waals surface area contributed by atoms with Crippen molar-refractivity contribution in [2.75, 3.05) is 0 Å². The average Bonchev–Trinajstić information content (AvgIpc) is 3.31. The Balaban J connectivity index is 1.74. The number of hydrogen-bond donors (Lipinski definition) is 0. The van der Waals surface area contributed by atoms with Crippen LogP contribution in [-0.4, -0.2) is 0 Å². The molecule has 4 aromatic carbocycles. The predicted octanol–water partition coefficient (Wildman–Crippen LogP) is 7.22. The van der Waals surface area contributed by atoms with Crippen molar-refractivity contribution in [1.29, 1.82) is 5.26 Å². The monoisotopic (exact) mass is 446 g/mol. The topological polar surface area (TPSA) is 40.8 Å². The zero-order valence-electron chi connectivity index (χ0n) is 21.5. The first-order valence-corrected chi connectivity index (χ1v) is 10.9. The van der Waals surface area contributed by atoms with Gasteiger partial charge in [-0.2, -0.15) is 9.83 Å². The molecular formula is C30H20FN2O+. The lowest BCUT2D eigenvalue weighted by Gasteiger charge is -2.06. The van der Waals surface area contributed by atoms with Gasteiger partial charge in [-0.25, -0.2) is 4.39 Å². The average molecular weight is 447 g/mol. The van der Waals surface area contributed by atoms with Gasteiger partial charge in [0.2, 0.25) is 11.9 Å². The van der Waals surface area contributed by atoms with E-state index >= 15 is 0 Å². The molecular weight excluding hydrogens is 423 g/mol. The Kier molecular flexibility index (Phi) is 3.78. The zero-order chi connectivity index (χ0) is 26.0. The SMILES string of the molecule is [2H]c1c([2H])c(-c2c(C)ccc3c2oc2c(-c4ccc5ccccc5c4)ccc(C#N)c23)[n+](C)c([2H])c1F. The summed E-state index contributed by atoms with van der Waals surface area (Å²) in [5, 5.41) is 13.5. The molecule has 162 valence electrons. The van der Waals surface area contributed by atoms with Crippen molar-refractivity contribution in [1.82, 2.24) is 0 Å². The molecule has 0 aliphatic heterocycles. The molecule has 0 fully saturated rings. The van der Waals surface area contributed by atoms with E-state index in [1.54, 1.807) is 6.07 Å². The summed E-state index contributed by atoms with van der Waals surface area (Å²) in [7, 11) is 1.50. The Hall–Kier alpha value is -4.49. The van der Waals surface area contributed by atoms with E-state index in [4.69, 9.17) is 8.53 Å². The van der Waals surface area contributed by atoms with Gasteiger partial charge in [0.25, 0.3) is 0 Å². The fourth-order valence-corrected chi connectivity index (χ4v) is 4.67. The maximum atomic E-state index is 14.4. The van der Waals surface area contributed by atoms with Crippen LogP contribution in [-0.2, 0) is 7.05 Å². The predicted molar refractivity (Wildman–Crippen MR) is 133 cm³/mol. The van der Waals surface area contributed by atoms with E-state index in [9.17, 15) is 9.65 Å². The number of hydrogen-bond acceptors (Lipinski definition) is 2. The highest BCUT2D eigenvalue weighted by atomic mass is 19.1. The van der Waals surface area contributed by atoms with Crippen LogP contribution in [0.5, 0.6) is 0 Å². The fraction of sp³-hybridized carbons (Fsp3) is 0.0667. The molecule has 0 saturated heterocycles. The fourth-order valence-electron chi connectivity index (χ4n) is 4.67. The molecule has 0 N–H and O–H groups in total. The molecule has 0 aliphatic rings. The zero-order valence-corrected chi connectivity index (χ0v) is 18.5. The van der Waals surface area contributed by atoms with Crippen LogP contribution >= 0.6 is 0 Å². The third kappa shape index (κ3) is 2.98. The number of furan rings is 1. The number of halogens is 1. The van der Waals surface area contributed by atoms with Crippen molar-refractivity contribution in [3.63, 3.8) is 0 Å². The summed E-state index contributed by atoms with van der Waals surface area (Å²) in [6.45, 7) is 1.84. The number of benzene rings is 4. The maximum Gasteiger partial charge on any atom is 0.216 e. The van der Waals surface area contributed by atoms with Gasteiger partial charge in [0, 0.05) is 22.4 Å². The lowest BCUT2D eigenvalue weighted by Crippen LogP contribution is -2.31. The van der Waals surface area contributed by atoms with Crippen LogP contribution in [0.2, 0.25) is 0 Å². The highest BCUT2D eigenvalue weighted by Crippen LogP contribution is 2.42. The second-order valence-corrected chi connectivity index (χ2v) is 8.36. The van der Waals surface area contributed by atoms with E-state index in [1.165, 1.54) is 11.6 Å². The molecule has 2 heterocycles. The molecule has 4 heteroatoms. The van der Waals surface area contributed by atoms with Crippen LogP contribution in [0.4, 0.5) is 4.39 Å². The largest absolute Gasteiger partial charge is 0.454 e. The molecule has 0 atom stereocenters. The minimum Gasteiger partial charge on any atom is -0.454 e. The van der Waals surface area contributed by atoms with Crippen molar-refractivity contribution in [3.8, 4) is 28.5 Å². The Morgan fingerprint density at radius 3 is 2.62 bits per heavy atom. The van der Waals surface area contributed by atoms with Gasteiger partial charge >= 0.3 is 0 Å². The maximum absolute atomic E-state index is 14.4. The van der Waals surface area contributed by atoms with Crippen molar-refractivity contribution in [2.45, 2.75) is 6.92 Å². The lowest BCUT2D eigenvalue weighted by molar-refractivity contribution is -0.661. The molecule has 0 saturated carbocycles. The van der Waals surface area contributed by atoms with Gasteiger partial charge in [-0.05, 0) is 53.1 Å². The number of rotatable bonds is 2. The summed E-state index contributed by atoms with van der Waals surface area (Å²) in [6.07, 6.45) is -0.488. The van der Waals surface area contributed by atoms with Gasteiger partial charge in [0.15, 0.2) is 5.82 Å². The molecule has 0 radical (unpaired) electrons. The third-order valence-electron chi connectivity index (χ3n) is 6.31. The van der Waals surface area contributed by atoms with Crippen molar-refractivity contribution in [3.05, 3.63) is 102 Å². The summed E-state index contributed by atoms with van der Waals surface area (Å²) in [4.78, 5) is 0. The Labute approximate surface area is 200 Å². The molecule has 6 rings (SSSR count). The van der Waals surface area contributed by atoms with Crippen LogP contribution in [0.15, 0.2) is 89.4 Å². The Morgan fingerprint density at radius 2 is 1.79 bits per heavy atom. The number of nitriles is 1. The van der Waals surface area contributed by atoms with Gasteiger partial charge in [0.05, 0.1) is 19.9 Å². The Bertz CT molecular complexity index is 1940. The van der Waals surface area contributed by atoms with Crippen LogP contribution in [0.3, 0.4) is 0 Å². The molecule has 34 heavy (non-hydrogen) atoms. The minimum absolute atomic E-state index is 0.212. The summed E-state index contributed by atoms with van der Waals surface area (Å²) >= 11 is 0. The van der Waals surface area contributed by atoms with Crippen molar-refractivity contribution < 1.29 is 17.5 Å². The highest BCUT2D eigenvalue weighted by Gasteiger charge is 2.23. The summed E-state index contributed by atoms with van der Waals surface area (Å²) in [6, 6.07) is 22.9. The standard InChI is InChI=1S/C30H20FN2O/c1-18-7-12-25-28-22(16-32)10-13-24(21-9-8-19-5-3-4-6-20(19)15-21)29(28)34-30(25)27(18)26-14-11-23(31)17-33(26)2/h3-15,17H,1-2H3/q+1/i11D,14D,17D. The summed E-state index contributed by atoms with van der Waals surface area (Å²) in [5.41, 5.74) is 4.61. The van der Waals surface area contributed by atoms with Crippen LogP contribution in [0.25, 0.3) is 55.1 Å². The van der Waals surface area contributed by atoms with Crippen molar-refractivity contribution >= 4 is 32.7 Å². The highest BCUT2D eigenvalue weighted by molar-refractivity contribution is 6.15. The molecule has 2 aromatic heterocycles. The minimum atomic E-state index is -1.05. The van der Waals surface area contributed by atoms with Gasteiger partial charge in [-0.15, -0.1) is 0 Å².